The molecule has 1 aliphatic heterocycles. The predicted octanol–water partition coefficient (Wildman–Crippen LogP) is 0.0837. The Bertz CT molecular complexity index is 311. The van der Waals surface area contributed by atoms with Crippen molar-refractivity contribution in [1.29, 1.82) is 0 Å². The first-order valence-corrected chi connectivity index (χ1v) is 4.49. The first-order chi connectivity index (χ1) is 6.81. The zero-order valence-corrected chi connectivity index (χ0v) is 7.64. The van der Waals surface area contributed by atoms with Crippen LogP contribution in [0, 0.1) is 0 Å². The van der Waals surface area contributed by atoms with Gasteiger partial charge in [0.25, 0.3) is 0 Å². The number of imidazole rings is 1. The summed E-state index contributed by atoms with van der Waals surface area (Å²) in [7, 11) is 0. The number of rotatable bonds is 3. The van der Waals surface area contributed by atoms with E-state index in [0.29, 0.717) is 25.5 Å². The van der Waals surface area contributed by atoms with Gasteiger partial charge in [0, 0.05) is 12.4 Å². The second-order valence-electron chi connectivity index (χ2n) is 3.11. The molecule has 0 spiro atoms. The van der Waals surface area contributed by atoms with Crippen LogP contribution in [0.4, 0.5) is 10.7 Å². The molecule has 1 atom stereocenters. The fourth-order valence-electron chi connectivity index (χ4n) is 1.44. The van der Waals surface area contributed by atoms with Crippen molar-refractivity contribution in [3.63, 3.8) is 0 Å². The highest BCUT2D eigenvalue weighted by Gasteiger charge is 2.32. The molecule has 0 aromatic carbocycles. The summed E-state index contributed by atoms with van der Waals surface area (Å²) in [6, 6.07) is 0. The normalized spacial score (nSPS) is 21.4. The third-order valence-corrected chi connectivity index (χ3v) is 2.10. The van der Waals surface area contributed by atoms with E-state index in [2.05, 4.69) is 9.97 Å². The number of hydrogen-bond donors (Lipinski definition) is 2. The molecule has 3 N–H and O–H groups in total. The number of cyclic esters (lactones) is 1. The number of ether oxygens (including phenoxy) is 1. The van der Waals surface area contributed by atoms with E-state index in [4.69, 9.17) is 10.5 Å². The molecule has 2 heterocycles. The highest BCUT2D eigenvalue weighted by molar-refractivity contribution is 5.87. The van der Waals surface area contributed by atoms with Gasteiger partial charge in [-0.05, 0) is 13.0 Å². The highest BCUT2D eigenvalue weighted by atomic mass is 16.6. The van der Waals surface area contributed by atoms with Crippen LogP contribution in [0.2, 0.25) is 0 Å². The Balaban J connectivity index is 2.05. The van der Waals surface area contributed by atoms with Crippen LogP contribution < -0.4 is 10.6 Å². The van der Waals surface area contributed by atoms with E-state index in [1.54, 1.807) is 12.4 Å². The Hall–Kier alpha value is -1.56. The second-order valence-corrected chi connectivity index (χ2v) is 3.11. The lowest BCUT2D eigenvalue weighted by molar-refractivity contribution is 0.138. The van der Waals surface area contributed by atoms with Gasteiger partial charge in [0.2, 0.25) is 5.95 Å². The summed E-state index contributed by atoms with van der Waals surface area (Å²) in [5.74, 6) is 0.523. The maximum absolute atomic E-state index is 11.4. The molecule has 0 bridgehead atoms. The van der Waals surface area contributed by atoms with Crippen molar-refractivity contribution in [1.82, 2.24) is 9.97 Å². The van der Waals surface area contributed by atoms with Gasteiger partial charge in [-0.1, -0.05) is 0 Å². The van der Waals surface area contributed by atoms with Gasteiger partial charge < -0.3 is 15.5 Å². The Labute approximate surface area is 81.1 Å². The zero-order chi connectivity index (χ0) is 9.97. The molecule has 1 unspecified atom stereocenters. The summed E-state index contributed by atoms with van der Waals surface area (Å²) < 4.78 is 5.09. The molecule has 1 aromatic heterocycles. The maximum Gasteiger partial charge on any atom is 0.417 e. The molecule has 1 saturated heterocycles. The molecule has 2 rings (SSSR count). The molecule has 1 aromatic rings. The summed E-state index contributed by atoms with van der Waals surface area (Å²) in [5.41, 5.74) is 5.38. The van der Waals surface area contributed by atoms with E-state index in [9.17, 15) is 4.79 Å². The second kappa shape index (κ2) is 3.67. The smallest absolute Gasteiger partial charge is 0.417 e. The average Bonchev–Trinajstić information content (AvgIpc) is 2.74. The molecule has 0 saturated carbocycles. The van der Waals surface area contributed by atoms with Crippen LogP contribution in [0.3, 0.4) is 0 Å². The summed E-state index contributed by atoms with van der Waals surface area (Å²) >= 11 is 0. The lowest BCUT2D eigenvalue weighted by atomic mass is 10.2. The Morgan fingerprint density at radius 2 is 2.64 bits per heavy atom. The van der Waals surface area contributed by atoms with Crippen molar-refractivity contribution in [3.05, 3.63) is 12.4 Å². The van der Waals surface area contributed by atoms with Crippen LogP contribution >= 0.6 is 0 Å². The van der Waals surface area contributed by atoms with Crippen LogP contribution in [0.5, 0.6) is 0 Å². The minimum atomic E-state index is -0.363. The van der Waals surface area contributed by atoms with Crippen LogP contribution in [0.25, 0.3) is 0 Å². The van der Waals surface area contributed by atoms with Gasteiger partial charge in [0.05, 0.1) is 6.54 Å². The molecule has 0 radical (unpaired) electrons. The zero-order valence-electron chi connectivity index (χ0n) is 7.64. The lowest BCUT2D eigenvalue weighted by Gasteiger charge is -2.07. The van der Waals surface area contributed by atoms with Crippen molar-refractivity contribution in [2.24, 2.45) is 5.73 Å². The van der Waals surface area contributed by atoms with Gasteiger partial charge in [-0.2, -0.15) is 0 Å². The van der Waals surface area contributed by atoms with E-state index in [-0.39, 0.29) is 12.2 Å². The number of nitrogens with two attached hydrogens (primary N) is 1. The number of aromatic nitrogens is 2. The first kappa shape index (κ1) is 9.01. The van der Waals surface area contributed by atoms with E-state index >= 15 is 0 Å². The van der Waals surface area contributed by atoms with Crippen molar-refractivity contribution in [3.8, 4) is 0 Å². The number of nitrogens with zero attached hydrogens (tertiary/aromatic N) is 2. The SMILES string of the molecule is NCCC1CN(c2ncc[nH]2)C(=O)O1. The molecule has 0 aliphatic carbocycles. The number of aromatic amines is 1. The number of nitrogens with one attached hydrogen (secondary N) is 1. The molecule has 6 nitrogen and oxygen atoms in total. The standard InChI is InChI=1S/C8H12N4O2/c9-2-1-6-5-12(8(13)14-6)7-10-3-4-11-7/h3-4,6H,1-2,5,9H2,(H,10,11). The molecule has 1 amide bonds. The van der Waals surface area contributed by atoms with Gasteiger partial charge in [0.15, 0.2) is 0 Å². The molecule has 76 valence electrons. The Kier molecular flexibility index (Phi) is 2.36. The molecular formula is C8H12N4O2. The number of H-pyrrole nitrogens is 1. The predicted molar refractivity (Wildman–Crippen MR) is 49.9 cm³/mol. The quantitative estimate of drug-likeness (QED) is 0.717. The van der Waals surface area contributed by atoms with Crippen molar-refractivity contribution < 1.29 is 9.53 Å². The summed E-state index contributed by atoms with van der Waals surface area (Å²) in [4.78, 5) is 19.7. The van der Waals surface area contributed by atoms with Crippen LogP contribution in [0.1, 0.15) is 6.42 Å². The van der Waals surface area contributed by atoms with Gasteiger partial charge in [0.1, 0.15) is 6.10 Å². The van der Waals surface area contributed by atoms with Crippen molar-refractivity contribution in [2.75, 3.05) is 18.0 Å². The number of amides is 1. The summed E-state index contributed by atoms with van der Waals surface area (Å²) in [6.45, 7) is 1.04. The van der Waals surface area contributed by atoms with Crippen molar-refractivity contribution in [2.45, 2.75) is 12.5 Å². The van der Waals surface area contributed by atoms with E-state index in [1.165, 1.54) is 4.90 Å². The first-order valence-electron chi connectivity index (χ1n) is 4.49. The molecule has 14 heavy (non-hydrogen) atoms. The van der Waals surface area contributed by atoms with Crippen LogP contribution in [-0.2, 0) is 4.74 Å². The largest absolute Gasteiger partial charge is 0.444 e. The van der Waals surface area contributed by atoms with E-state index < -0.39 is 0 Å². The number of carbonyl (C=O) groups excluding carboxylic acids is 1. The fourth-order valence-corrected chi connectivity index (χ4v) is 1.44. The number of carbonyl (C=O) groups is 1. The van der Waals surface area contributed by atoms with Gasteiger partial charge in [-0.25, -0.2) is 14.7 Å². The van der Waals surface area contributed by atoms with Crippen LogP contribution in [-0.4, -0.2) is 35.3 Å². The van der Waals surface area contributed by atoms with Crippen molar-refractivity contribution >= 4 is 12.0 Å². The van der Waals surface area contributed by atoms with Gasteiger partial charge in [-0.3, -0.25) is 0 Å². The number of hydrogen-bond acceptors (Lipinski definition) is 4. The monoisotopic (exact) mass is 196 g/mol. The third kappa shape index (κ3) is 1.56. The van der Waals surface area contributed by atoms with E-state index in [1.807, 2.05) is 0 Å². The molecular weight excluding hydrogens is 184 g/mol. The Morgan fingerprint density at radius 1 is 1.79 bits per heavy atom. The molecule has 1 fully saturated rings. The molecule has 6 heteroatoms. The summed E-state index contributed by atoms with van der Waals surface area (Å²) in [5, 5.41) is 0. The minimum absolute atomic E-state index is 0.113. The average molecular weight is 196 g/mol. The lowest BCUT2D eigenvalue weighted by Crippen LogP contribution is -2.26. The number of anilines is 1. The van der Waals surface area contributed by atoms with E-state index in [0.717, 1.165) is 0 Å². The summed E-state index contributed by atoms with van der Waals surface area (Å²) in [6.07, 6.45) is 3.47. The Morgan fingerprint density at radius 3 is 3.29 bits per heavy atom. The van der Waals surface area contributed by atoms with Crippen LogP contribution in [0.15, 0.2) is 12.4 Å². The molecule has 1 aliphatic rings. The minimum Gasteiger partial charge on any atom is -0.444 e. The fraction of sp³-hybridized carbons (Fsp3) is 0.500. The maximum atomic E-state index is 11.4. The van der Waals surface area contributed by atoms with Gasteiger partial charge >= 0.3 is 6.09 Å². The highest BCUT2D eigenvalue weighted by Crippen LogP contribution is 2.18. The topological polar surface area (TPSA) is 84.2 Å². The third-order valence-electron chi connectivity index (χ3n) is 2.10. The van der Waals surface area contributed by atoms with Gasteiger partial charge in [-0.15, -0.1) is 0 Å².